The van der Waals surface area contributed by atoms with Gasteiger partial charge in [-0.3, -0.25) is 0 Å². The van der Waals surface area contributed by atoms with Gasteiger partial charge in [-0.05, 0) is 44.5 Å². The van der Waals surface area contributed by atoms with Gasteiger partial charge in [0, 0.05) is 16.0 Å². The number of nitrogens with zero attached hydrogens (tertiary/aromatic N) is 1. The number of aryl methyl sites for hydroxylation is 1. The van der Waals surface area contributed by atoms with E-state index >= 15 is 0 Å². The summed E-state index contributed by atoms with van der Waals surface area (Å²) in [5.74, 6) is -0.309. The van der Waals surface area contributed by atoms with Gasteiger partial charge in [-0.2, -0.15) is 0 Å². The minimum Gasteiger partial charge on any atom is -0.462 e. The maximum atomic E-state index is 12.6. The molecule has 140 valence electrons. The third kappa shape index (κ3) is 4.29. The van der Waals surface area contributed by atoms with E-state index in [4.69, 9.17) is 21.3 Å². The van der Waals surface area contributed by atoms with Crippen molar-refractivity contribution in [3.8, 4) is 0 Å². The molecule has 2 aromatic carbocycles. The standard InChI is InChI=1S/C22H23ClN2O2/c1-4-27-22(26)21-14(2)18-7-5-6-8-19(18)25-20(21)13-24-15(3)16-9-11-17(23)12-10-16/h5-12,15,24H,4,13H2,1-3H3/p+1/t15-/m1/s1. The predicted octanol–water partition coefficient (Wildman–Crippen LogP) is 4.20. The number of nitrogens with two attached hydrogens (primary N) is 1. The number of quaternary nitrogens is 1. The molecular formula is C22H24ClN2O2+. The van der Waals surface area contributed by atoms with Gasteiger partial charge in [0.2, 0.25) is 0 Å². The average Bonchev–Trinajstić information content (AvgIpc) is 2.67. The first kappa shape index (κ1) is 19.3. The van der Waals surface area contributed by atoms with Crippen LogP contribution in [0.2, 0.25) is 5.02 Å². The molecule has 0 aliphatic heterocycles. The Balaban J connectivity index is 1.93. The fraction of sp³-hybridized carbons (Fsp3) is 0.273. The van der Waals surface area contributed by atoms with Crippen molar-refractivity contribution in [3.05, 3.63) is 75.9 Å². The molecule has 1 atom stereocenters. The lowest BCUT2D eigenvalue weighted by Crippen LogP contribution is -2.83. The van der Waals surface area contributed by atoms with Gasteiger partial charge in [0.05, 0.1) is 17.7 Å². The van der Waals surface area contributed by atoms with Crippen molar-refractivity contribution in [1.29, 1.82) is 0 Å². The Morgan fingerprint density at radius 2 is 1.89 bits per heavy atom. The van der Waals surface area contributed by atoms with Crippen LogP contribution in [0.3, 0.4) is 0 Å². The van der Waals surface area contributed by atoms with Crippen molar-refractivity contribution in [1.82, 2.24) is 4.98 Å². The molecule has 4 nitrogen and oxygen atoms in total. The molecule has 0 fully saturated rings. The lowest BCUT2D eigenvalue weighted by Gasteiger charge is -2.15. The van der Waals surface area contributed by atoms with Crippen LogP contribution < -0.4 is 5.32 Å². The molecule has 0 saturated heterocycles. The summed E-state index contributed by atoms with van der Waals surface area (Å²) in [7, 11) is 0. The van der Waals surface area contributed by atoms with E-state index in [1.54, 1.807) is 0 Å². The summed E-state index contributed by atoms with van der Waals surface area (Å²) in [6.45, 7) is 6.83. The van der Waals surface area contributed by atoms with Gasteiger partial charge in [0.25, 0.3) is 0 Å². The zero-order valence-corrected chi connectivity index (χ0v) is 16.6. The number of carbonyl (C=O) groups excluding carboxylic acids is 1. The monoisotopic (exact) mass is 383 g/mol. The number of hydrogen-bond acceptors (Lipinski definition) is 3. The first-order valence-corrected chi connectivity index (χ1v) is 9.53. The molecule has 1 heterocycles. The molecule has 0 aliphatic carbocycles. The number of rotatable bonds is 6. The highest BCUT2D eigenvalue weighted by molar-refractivity contribution is 6.30. The number of pyridine rings is 1. The Morgan fingerprint density at radius 1 is 1.19 bits per heavy atom. The van der Waals surface area contributed by atoms with E-state index in [2.05, 4.69) is 12.2 Å². The molecule has 1 aromatic heterocycles. The molecule has 5 heteroatoms. The van der Waals surface area contributed by atoms with Crippen LogP contribution in [0.4, 0.5) is 0 Å². The van der Waals surface area contributed by atoms with Crippen LogP contribution in [0, 0.1) is 6.92 Å². The van der Waals surface area contributed by atoms with E-state index in [0.717, 1.165) is 27.2 Å². The van der Waals surface area contributed by atoms with Crippen molar-refractivity contribution in [2.75, 3.05) is 6.61 Å². The van der Waals surface area contributed by atoms with Gasteiger partial charge in [0.15, 0.2) is 0 Å². The van der Waals surface area contributed by atoms with Gasteiger partial charge in [0.1, 0.15) is 18.3 Å². The largest absolute Gasteiger partial charge is 0.462 e. The molecule has 0 unspecified atom stereocenters. The van der Waals surface area contributed by atoms with Crippen LogP contribution in [0.25, 0.3) is 10.9 Å². The second kappa shape index (κ2) is 8.51. The van der Waals surface area contributed by atoms with Gasteiger partial charge in [-0.15, -0.1) is 0 Å². The Morgan fingerprint density at radius 3 is 2.59 bits per heavy atom. The summed E-state index contributed by atoms with van der Waals surface area (Å²) in [4.78, 5) is 17.4. The Labute approximate surface area is 164 Å². The topological polar surface area (TPSA) is 55.8 Å². The van der Waals surface area contributed by atoms with E-state index in [1.165, 1.54) is 5.56 Å². The summed E-state index contributed by atoms with van der Waals surface area (Å²) in [5, 5.41) is 3.88. The maximum Gasteiger partial charge on any atom is 0.340 e. The number of aromatic nitrogens is 1. The van der Waals surface area contributed by atoms with Crippen LogP contribution in [0.1, 0.15) is 47.1 Å². The molecule has 0 aliphatic rings. The highest BCUT2D eigenvalue weighted by atomic mass is 35.5. The lowest BCUT2D eigenvalue weighted by atomic mass is 10.0. The molecule has 0 radical (unpaired) electrons. The fourth-order valence-corrected chi connectivity index (χ4v) is 3.38. The molecule has 2 N–H and O–H groups in total. The third-order valence-corrected chi connectivity index (χ3v) is 5.02. The first-order valence-electron chi connectivity index (χ1n) is 9.15. The minimum atomic E-state index is -0.309. The SMILES string of the molecule is CCOC(=O)c1c(C[NH2+][C@H](C)c2ccc(Cl)cc2)nc2ccccc2c1C. The number of fused-ring (bicyclic) bond motifs is 1. The number of para-hydroxylation sites is 1. The molecule has 0 saturated carbocycles. The Hall–Kier alpha value is -2.43. The molecule has 3 aromatic rings. The quantitative estimate of drug-likeness (QED) is 0.649. The van der Waals surface area contributed by atoms with E-state index in [1.807, 2.05) is 62.4 Å². The summed E-state index contributed by atoms with van der Waals surface area (Å²) in [6.07, 6.45) is 0. The summed E-state index contributed by atoms with van der Waals surface area (Å²) >= 11 is 5.98. The normalized spacial score (nSPS) is 12.1. The van der Waals surface area contributed by atoms with Crippen LogP contribution in [-0.2, 0) is 11.3 Å². The number of halogens is 1. The van der Waals surface area contributed by atoms with E-state index in [0.29, 0.717) is 18.7 Å². The van der Waals surface area contributed by atoms with Crippen molar-refractivity contribution in [2.45, 2.75) is 33.4 Å². The molecule has 3 rings (SSSR count). The highest BCUT2D eigenvalue weighted by Gasteiger charge is 2.21. The van der Waals surface area contributed by atoms with Crippen LogP contribution in [-0.4, -0.2) is 17.6 Å². The van der Waals surface area contributed by atoms with Gasteiger partial charge < -0.3 is 10.1 Å². The number of carbonyl (C=O) groups is 1. The second-order valence-electron chi connectivity index (χ2n) is 6.58. The van der Waals surface area contributed by atoms with E-state index in [9.17, 15) is 4.79 Å². The van der Waals surface area contributed by atoms with E-state index < -0.39 is 0 Å². The Bertz CT molecular complexity index is 954. The lowest BCUT2D eigenvalue weighted by molar-refractivity contribution is -0.708. The van der Waals surface area contributed by atoms with Crippen LogP contribution in [0.15, 0.2) is 48.5 Å². The summed E-state index contributed by atoms with van der Waals surface area (Å²) in [6, 6.07) is 15.9. The average molecular weight is 384 g/mol. The van der Waals surface area contributed by atoms with Crippen molar-refractivity contribution >= 4 is 28.5 Å². The van der Waals surface area contributed by atoms with Crippen LogP contribution in [0.5, 0.6) is 0 Å². The van der Waals surface area contributed by atoms with Crippen molar-refractivity contribution < 1.29 is 14.8 Å². The number of esters is 1. The van der Waals surface area contributed by atoms with Gasteiger partial charge >= 0.3 is 5.97 Å². The molecule has 0 spiro atoms. The fourth-order valence-electron chi connectivity index (χ4n) is 3.25. The number of hydrogen-bond donors (Lipinski definition) is 1. The Kier molecular flexibility index (Phi) is 6.09. The predicted molar refractivity (Wildman–Crippen MR) is 108 cm³/mol. The first-order chi connectivity index (χ1) is 13.0. The zero-order valence-electron chi connectivity index (χ0n) is 15.8. The number of ether oxygens (including phenoxy) is 1. The summed E-state index contributed by atoms with van der Waals surface area (Å²) < 4.78 is 5.30. The van der Waals surface area contributed by atoms with Gasteiger partial charge in [-0.1, -0.05) is 41.9 Å². The van der Waals surface area contributed by atoms with Gasteiger partial charge in [-0.25, -0.2) is 9.78 Å². The molecule has 0 amide bonds. The minimum absolute atomic E-state index is 0.214. The number of benzene rings is 2. The molecule has 0 bridgehead atoms. The molecular weight excluding hydrogens is 360 g/mol. The smallest absolute Gasteiger partial charge is 0.340 e. The summed E-state index contributed by atoms with van der Waals surface area (Å²) in [5.41, 5.74) is 4.32. The van der Waals surface area contributed by atoms with Crippen molar-refractivity contribution in [3.63, 3.8) is 0 Å². The second-order valence-corrected chi connectivity index (χ2v) is 7.01. The van der Waals surface area contributed by atoms with E-state index in [-0.39, 0.29) is 12.0 Å². The zero-order chi connectivity index (χ0) is 19.4. The van der Waals surface area contributed by atoms with Crippen molar-refractivity contribution in [2.24, 2.45) is 0 Å². The molecule has 27 heavy (non-hydrogen) atoms. The van der Waals surface area contributed by atoms with Crippen LogP contribution >= 0.6 is 11.6 Å². The third-order valence-electron chi connectivity index (χ3n) is 4.77. The highest BCUT2D eigenvalue weighted by Crippen LogP contribution is 2.23. The maximum absolute atomic E-state index is 12.6.